The van der Waals surface area contributed by atoms with Crippen molar-refractivity contribution in [3.63, 3.8) is 0 Å². The fraction of sp³-hybridized carbons (Fsp3) is 0.400. The smallest absolute Gasteiger partial charge is 0.406 e. The number of aromatic amines is 1. The summed E-state index contributed by atoms with van der Waals surface area (Å²) >= 11 is 0. The van der Waals surface area contributed by atoms with E-state index in [-0.39, 0.29) is 29.5 Å². The number of hydrogen-bond acceptors (Lipinski definition) is 5. The molecule has 0 saturated carbocycles. The van der Waals surface area contributed by atoms with Crippen LogP contribution in [0.1, 0.15) is 23.4 Å². The molecule has 2 aromatic rings. The molecular weight excluding hydrogens is 475 g/mol. The number of hydrogen-bond donors (Lipinski definition) is 2. The van der Waals surface area contributed by atoms with Crippen LogP contribution in [0.5, 0.6) is 5.75 Å². The van der Waals surface area contributed by atoms with Crippen LogP contribution in [-0.4, -0.2) is 70.2 Å². The van der Waals surface area contributed by atoms with E-state index in [1.165, 1.54) is 35.9 Å². The molecule has 2 N–H and O–H groups in total. The largest absolute Gasteiger partial charge is 0.573 e. The summed E-state index contributed by atoms with van der Waals surface area (Å²) in [6.45, 7) is 2.82. The zero-order valence-electron chi connectivity index (χ0n) is 19.4. The molecule has 1 aromatic carbocycles. The second kappa shape index (κ2) is 9.81. The van der Waals surface area contributed by atoms with E-state index in [1.54, 1.807) is 17.3 Å². The van der Waals surface area contributed by atoms with E-state index in [2.05, 4.69) is 20.0 Å². The number of fused-ring (bicyclic) bond motifs is 2. The van der Waals surface area contributed by atoms with E-state index in [0.29, 0.717) is 44.7 Å². The molecule has 0 bridgehead atoms. The maximum atomic E-state index is 13.1. The summed E-state index contributed by atoms with van der Waals surface area (Å²) in [6, 6.07) is 5.05. The normalized spacial score (nSPS) is 22.1. The van der Waals surface area contributed by atoms with E-state index in [1.807, 2.05) is 11.0 Å². The highest BCUT2D eigenvalue weighted by atomic mass is 19.4. The van der Waals surface area contributed by atoms with Crippen molar-refractivity contribution in [2.75, 3.05) is 26.2 Å². The molecule has 2 atom stereocenters. The van der Waals surface area contributed by atoms with E-state index in [9.17, 15) is 22.8 Å². The molecule has 36 heavy (non-hydrogen) atoms. The average Bonchev–Trinajstić information content (AvgIpc) is 3.44. The number of halogens is 3. The first-order valence-corrected chi connectivity index (χ1v) is 11.8. The number of likely N-dealkylation sites (tertiary alicyclic amines) is 1. The molecule has 1 unspecified atom stereocenters. The number of carbonyl (C=O) groups excluding carboxylic acids is 2. The first-order valence-electron chi connectivity index (χ1n) is 11.8. The number of ether oxygens (including phenoxy) is 1. The number of H-pyrrole nitrogens is 1. The van der Waals surface area contributed by atoms with Crippen LogP contribution in [0, 0.1) is 5.92 Å². The summed E-state index contributed by atoms with van der Waals surface area (Å²) in [6.07, 6.45) is 3.29. The zero-order valence-corrected chi connectivity index (χ0v) is 19.4. The number of nitrogens with zero attached hydrogens (tertiary/aromatic N) is 3. The first kappa shape index (κ1) is 24.1. The zero-order chi connectivity index (χ0) is 25.3. The van der Waals surface area contributed by atoms with Gasteiger partial charge in [-0.2, -0.15) is 0 Å². The van der Waals surface area contributed by atoms with Gasteiger partial charge in [-0.1, -0.05) is 18.2 Å². The third kappa shape index (κ3) is 5.46. The fourth-order valence-corrected chi connectivity index (χ4v) is 4.92. The number of carbonyl (C=O) groups is 2. The van der Waals surface area contributed by atoms with E-state index in [4.69, 9.17) is 0 Å². The molecule has 2 amide bonds. The fourth-order valence-electron chi connectivity index (χ4n) is 4.92. The second-order valence-electron chi connectivity index (χ2n) is 9.18. The lowest BCUT2D eigenvalue weighted by molar-refractivity contribution is -0.274. The van der Waals surface area contributed by atoms with Crippen molar-refractivity contribution in [3.8, 4) is 5.75 Å². The summed E-state index contributed by atoms with van der Waals surface area (Å²) in [4.78, 5) is 36.8. The quantitative estimate of drug-likeness (QED) is 0.497. The predicted molar refractivity (Wildman–Crippen MR) is 124 cm³/mol. The van der Waals surface area contributed by atoms with Gasteiger partial charge in [0.15, 0.2) is 0 Å². The monoisotopic (exact) mass is 501 g/mol. The topological polar surface area (TPSA) is 90.6 Å². The van der Waals surface area contributed by atoms with Gasteiger partial charge in [-0.25, -0.2) is 4.98 Å². The molecule has 3 aliphatic heterocycles. The Morgan fingerprint density at radius 1 is 1.17 bits per heavy atom. The Kier molecular flexibility index (Phi) is 6.57. The number of benzene rings is 1. The summed E-state index contributed by atoms with van der Waals surface area (Å²) in [5.41, 5.74) is 3.74. The Hall–Kier alpha value is -3.60. The van der Waals surface area contributed by atoms with Gasteiger partial charge >= 0.3 is 6.36 Å². The van der Waals surface area contributed by atoms with Gasteiger partial charge in [0.05, 0.1) is 23.8 Å². The lowest BCUT2D eigenvalue weighted by atomic mass is 10.00. The molecule has 4 heterocycles. The summed E-state index contributed by atoms with van der Waals surface area (Å²) in [5.74, 6) is -0.174. The molecule has 3 aliphatic rings. The Bertz CT molecular complexity index is 1190. The van der Waals surface area contributed by atoms with Crippen molar-refractivity contribution >= 4 is 17.9 Å². The molecule has 0 radical (unpaired) electrons. The van der Waals surface area contributed by atoms with Crippen LogP contribution in [0.15, 0.2) is 48.3 Å². The van der Waals surface area contributed by atoms with Crippen LogP contribution >= 0.6 is 0 Å². The molecular formula is C25H26F3N5O3. The SMILES string of the molecule is O=C(C=Cc1ccc(OC(F)(F)F)cc1)N1CC=C2CN(C(=O)C3Cc4nc[nH]c4CN3)C[C@H]2CC1. The summed E-state index contributed by atoms with van der Waals surface area (Å²) in [7, 11) is 0. The van der Waals surface area contributed by atoms with Gasteiger partial charge in [-0.3, -0.25) is 14.9 Å². The van der Waals surface area contributed by atoms with Gasteiger partial charge in [0.1, 0.15) is 5.75 Å². The van der Waals surface area contributed by atoms with Crippen molar-refractivity contribution in [2.24, 2.45) is 5.92 Å². The van der Waals surface area contributed by atoms with Gasteiger partial charge in [0, 0.05) is 51.1 Å². The molecule has 1 aromatic heterocycles. The molecule has 0 aliphatic carbocycles. The maximum absolute atomic E-state index is 13.1. The van der Waals surface area contributed by atoms with Crippen molar-refractivity contribution in [1.82, 2.24) is 25.1 Å². The number of alkyl halides is 3. The van der Waals surface area contributed by atoms with Gasteiger partial charge in [-0.15, -0.1) is 13.2 Å². The third-order valence-electron chi connectivity index (χ3n) is 6.84. The lowest BCUT2D eigenvalue weighted by Crippen LogP contribution is -2.49. The Labute approximate surface area is 205 Å². The number of nitrogens with one attached hydrogen (secondary N) is 2. The third-order valence-corrected chi connectivity index (χ3v) is 6.84. The van der Waals surface area contributed by atoms with Gasteiger partial charge in [-0.05, 0) is 35.8 Å². The van der Waals surface area contributed by atoms with Crippen LogP contribution in [0.4, 0.5) is 13.2 Å². The highest BCUT2D eigenvalue weighted by Gasteiger charge is 2.36. The van der Waals surface area contributed by atoms with Gasteiger partial charge < -0.3 is 19.5 Å². The highest BCUT2D eigenvalue weighted by molar-refractivity contribution is 5.92. The maximum Gasteiger partial charge on any atom is 0.573 e. The number of rotatable bonds is 4. The first-order chi connectivity index (χ1) is 17.2. The molecule has 190 valence electrons. The Balaban J connectivity index is 1.15. The van der Waals surface area contributed by atoms with Crippen LogP contribution in [0.2, 0.25) is 0 Å². The minimum Gasteiger partial charge on any atom is -0.406 e. The van der Waals surface area contributed by atoms with Crippen molar-refractivity contribution in [3.05, 3.63) is 65.3 Å². The Morgan fingerprint density at radius 3 is 2.75 bits per heavy atom. The van der Waals surface area contributed by atoms with Gasteiger partial charge in [0.2, 0.25) is 11.8 Å². The van der Waals surface area contributed by atoms with Crippen LogP contribution in [0.25, 0.3) is 6.08 Å². The van der Waals surface area contributed by atoms with Crippen LogP contribution in [0.3, 0.4) is 0 Å². The molecule has 8 nitrogen and oxygen atoms in total. The lowest BCUT2D eigenvalue weighted by Gasteiger charge is -2.27. The van der Waals surface area contributed by atoms with Crippen LogP contribution in [-0.2, 0) is 22.6 Å². The number of imidazole rings is 1. The minimum atomic E-state index is -4.74. The van der Waals surface area contributed by atoms with E-state index in [0.717, 1.165) is 17.8 Å². The minimum absolute atomic E-state index is 0.0835. The predicted octanol–water partition coefficient (Wildman–Crippen LogP) is 2.65. The van der Waals surface area contributed by atoms with Gasteiger partial charge in [0.25, 0.3) is 0 Å². The molecule has 5 rings (SSSR count). The number of amides is 2. The summed E-state index contributed by atoms with van der Waals surface area (Å²) < 4.78 is 40.7. The molecule has 11 heteroatoms. The number of aromatic nitrogens is 2. The molecule has 1 fully saturated rings. The van der Waals surface area contributed by atoms with Crippen molar-refractivity contribution in [2.45, 2.75) is 31.8 Å². The van der Waals surface area contributed by atoms with E-state index >= 15 is 0 Å². The second-order valence-corrected chi connectivity index (χ2v) is 9.18. The average molecular weight is 502 g/mol. The standard InChI is InChI=1S/C25H26F3N5O3/c26-25(27,28)36-19-4-1-16(2-5-19)3-6-23(34)32-9-7-17-13-33(14-18(17)8-10-32)24(35)21-11-20-22(12-29-21)31-15-30-20/h1-7,15,18,21,29H,8-14H2,(H,30,31)/t18-,21?/m1/s1. The Morgan fingerprint density at radius 2 is 1.97 bits per heavy atom. The van der Waals surface area contributed by atoms with Crippen LogP contribution < -0.4 is 10.1 Å². The molecule has 1 saturated heterocycles. The molecule has 0 spiro atoms. The van der Waals surface area contributed by atoms with Crippen molar-refractivity contribution in [1.29, 1.82) is 0 Å². The van der Waals surface area contributed by atoms with Crippen molar-refractivity contribution < 1.29 is 27.5 Å². The summed E-state index contributed by atoms with van der Waals surface area (Å²) in [5, 5.41) is 3.29. The highest BCUT2D eigenvalue weighted by Crippen LogP contribution is 2.29. The van der Waals surface area contributed by atoms with E-state index < -0.39 is 6.36 Å².